The van der Waals surface area contributed by atoms with Gasteiger partial charge in [0.05, 0.1) is 0 Å². The van der Waals surface area contributed by atoms with Crippen molar-refractivity contribution in [3.63, 3.8) is 0 Å². The highest BCUT2D eigenvalue weighted by atomic mass is 35.5. The second-order valence-corrected chi connectivity index (χ2v) is 1.42. The van der Waals surface area contributed by atoms with Gasteiger partial charge in [0, 0.05) is 0 Å². The van der Waals surface area contributed by atoms with Crippen LogP contribution in [0.15, 0.2) is 0 Å². The van der Waals surface area contributed by atoms with Crippen molar-refractivity contribution < 1.29 is 4.79 Å². The molecule has 0 atom stereocenters. The van der Waals surface area contributed by atoms with Crippen LogP contribution in [-0.4, -0.2) is 21.3 Å². The van der Waals surface area contributed by atoms with Crippen LogP contribution < -0.4 is 11.5 Å². The van der Waals surface area contributed by atoms with Crippen molar-refractivity contribution in [3.8, 4) is 0 Å². The van der Waals surface area contributed by atoms with E-state index in [1.807, 2.05) is 0 Å². The number of nitrogens with two attached hydrogens (primary N) is 2. The van der Waals surface area contributed by atoms with Crippen LogP contribution >= 0.6 is 12.4 Å². The lowest BCUT2D eigenvalue weighted by molar-refractivity contribution is 0.0996. The van der Waals surface area contributed by atoms with Gasteiger partial charge in [0.15, 0.2) is 11.5 Å². The second kappa shape index (κ2) is 3.02. The topological polar surface area (TPSA) is 111 Å². The fourth-order valence-electron chi connectivity index (χ4n) is 0.420. The number of rotatable bonds is 1. The summed E-state index contributed by atoms with van der Waals surface area (Å²) in [4.78, 5) is 10.3. The van der Waals surface area contributed by atoms with Crippen molar-refractivity contribution in [2.75, 3.05) is 5.73 Å². The zero-order chi connectivity index (χ0) is 6.85. The Morgan fingerprint density at radius 2 is 2.10 bits per heavy atom. The predicted molar refractivity (Wildman–Crippen MR) is 36.6 cm³/mol. The van der Waals surface area contributed by atoms with E-state index in [4.69, 9.17) is 11.5 Å². The van der Waals surface area contributed by atoms with Gasteiger partial charge in [-0.05, 0) is 0 Å². The number of aromatic amines is 1. The molecule has 0 bridgehead atoms. The molecule has 0 aliphatic heterocycles. The largest absolute Gasteiger partial charge is 0.380 e. The molecule has 1 rings (SSSR count). The molecule has 0 aliphatic carbocycles. The molecule has 0 radical (unpaired) electrons. The van der Waals surface area contributed by atoms with E-state index in [0.717, 1.165) is 0 Å². The maximum Gasteiger partial charge on any atom is 0.273 e. The van der Waals surface area contributed by atoms with Crippen LogP contribution in [0.25, 0.3) is 0 Å². The first-order chi connectivity index (χ1) is 4.22. The first kappa shape index (κ1) is 8.70. The number of hydrogen-bond acceptors (Lipinski definition) is 4. The van der Waals surface area contributed by atoms with Gasteiger partial charge in [-0.25, -0.2) is 0 Å². The summed E-state index contributed by atoms with van der Waals surface area (Å²) >= 11 is 0. The third-order valence-corrected chi connectivity index (χ3v) is 0.808. The van der Waals surface area contributed by atoms with E-state index in [2.05, 4.69) is 15.4 Å². The summed E-state index contributed by atoms with van der Waals surface area (Å²) < 4.78 is 0. The van der Waals surface area contributed by atoms with Crippen LogP contribution in [0.2, 0.25) is 0 Å². The molecule has 6 nitrogen and oxygen atoms in total. The first-order valence-electron chi connectivity index (χ1n) is 2.18. The molecule has 1 amide bonds. The Balaban J connectivity index is 0.000000810. The average Bonchev–Trinajstić information content (AvgIpc) is 2.13. The molecule has 10 heavy (non-hydrogen) atoms. The molecule has 0 saturated carbocycles. The highest BCUT2D eigenvalue weighted by molar-refractivity contribution is 5.94. The Kier molecular flexibility index (Phi) is 2.63. The molecule has 7 heteroatoms. The molecule has 1 heterocycles. The molecule has 0 spiro atoms. The van der Waals surface area contributed by atoms with Crippen molar-refractivity contribution in [2.45, 2.75) is 0 Å². The van der Waals surface area contributed by atoms with Crippen LogP contribution in [-0.2, 0) is 0 Å². The summed E-state index contributed by atoms with van der Waals surface area (Å²) in [5.74, 6) is -0.649. The maximum atomic E-state index is 10.3. The minimum absolute atomic E-state index is 0. The summed E-state index contributed by atoms with van der Waals surface area (Å²) in [6.07, 6.45) is 0. The van der Waals surface area contributed by atoms with Crippen LogP contribution in [0, 0.1) is 0 Å². The number of carbonyl (C=O) groups is 1. The third kappa shape index (κ3) is 1.35. The van der Waals surface area contributed by atoms with E-state index in [-0.39, 0.29) is 23.9 Å². The fourth-order valence-corrected chi connectivity index (χ4v) is 0.420. The van der Waals surface area contributed by atoms with E-state index in [9.17, 15) is 4.79 Å². The van der Waals surface area contributed by atoms with E-state index < -0.39 is 5.91 Å². The smallest absolute Gasteiger partial charge is 0.273 e. The number of halogens is 1. The van der Waals surface area contributed by atoms with Crippen molar-refractivity contribution in [1.29, 1.82) is 0 Å². The zero-order valence-corrected chi connectivity index (χ0v) is 5.68. The number of H-pyrrole nitrogens is 1. The summed E-state index contributed by atoms with van der Waals surface area (Å²) in [5, 5.41) is 8.91. The minimum Gasteiger partial charge on any atom is -0.380 e. The fraction of sp³-hybridized carbons (Fsp3) is 0. The molecule has 0 unspecified atom stereocenters. The van der Waals surface area contributed by atoms with E-state index in [1.165, 1.54) is 0 Å². The SMILES string of the molecule is Cl.NC(=O)c1n[nH]nc1N. The summed E-state index contributed by atoms with van der Waals surface area (Å²) in [7, 11) is 0. The number of amides is 1. The van der Waals surface area contributed by atoms with Crippen molar-refractivity contribution in [1.82, 2.24) is 15.4 Å². The molecule has 0 aliphatic rings. The Morgan fingerprint density at radius 1 is 1.50 bits per heavy atom. The highest BCUT2D eigenvalue weighted by Gasteiger charge is 2.08. The number of carbonyl (C=O) groups excluding carboxylic acids is 1. The predicted octanol–water partition coefficient (Wildman–Crippen LogP) is -1.09. The van der Waals surface area contributed by atoms with E-state index >= 15 is 0 Å². The number of nitrogen functional groups attached to an aromatic ring is 1. The number of aromatic nitrogens is 3. The average molecular weight is 164 g/mol. The third-order valence-electron chi connectivity index (χ3n) is 0.808. The van der Waals surface area contributed by atoms with Gasteiger partial charge in [0.2, 0.25) is 0 Å². The second-order valence-electron chi connectivity index (χ2n) is 1.42. The molecule has 0 aromatic carbocycles. The number of anilines is 1. The Labute approximate surface area is 62.4 Å². The first-order valence-corrected chi connectivity index (χ1v) is 2.18. The van der Waals surface area contributed by atoms with Gasteiger partial charge < -0.3 is 11.5 Å². The number of hydrogen-bond donors (Lipinski definition) is 3. The zero-order valence-electron chi connectivity index (χ0n) is 4.87. The molecular formula is C3H6ClN5O. The molecule has 0 saturated heterocycles. The highest BCUT2D eigenvalue weighted by Crippen LogP contribution is 1.98. The number of nitrogens with zero attached hydrogens (tertiary/aromatic N) is 2. The Morgan fingerprint density at radius 3 is 2.30 bits per heavy atom. The van der Waals surface area contributed by atoms with Crippen LogP contribution in [0.1, 0.15) is 10.5 Å². The number of primary amides is 1. The quantitative estimate of drug-likeness (QED) is 0.488. The molecule has 56 valence electrons. The lowest BCUT2D eigenvalue weighted by Gasteiger charge is -1.83. The van der Waals surface area contributed by atoms with Crippen molar-refractivity contribution >= 4 is 24.1 Å². The Bertz CT molecular complexity index is 233. The lowest BCUT2D eigenvalue weighted by atomic mass is 10.4. The van der Waals surface area contributed by atoms with Crippen LogP contribution in [0.4, 0.5) is 5.82 Å². The van der Waals surface area contributed by atoms with E-state index in [1.54, 1.807) is 0 Å². The van der Waals surface area contributed by atoms with Gasteiger partial charge in [-0.1, -0.05) is 0 Å². The summed E-state index contributed by atoms with van der Waals surface area (Å²) in [6, 6.07) is 0. The van der Waals surface area contributed by atoms with Gasteiger partial charge in [-0.15, -0.1) is 22.6 Å². The lowest BCUT2D eigenvalue weighted by Crippen LogP contribution is -2.13. The molecular weight excluding hydrogens is 158 g/mol. The Hall–Kier alpha value is -1.30. The molecule has 5 N–H and O–H groups in total. The van der Waals surface area contributed by atoms with Gasteiger partial charge in [0.25, 0.3) is 5.91 Å². The van der Waals surface area contributed by atoms with Gasteiger partial charge in [0.1, 0.15) is 0 Å². The van der Waals surface area contributed by atoms with Crippen molar-refractivity contribution in [3.05, 3.63) is 5.69 Å². The van der Waals surface area contributed by atoms with Crippen LogP contribution in [0.5, 0.6) is 0 Å². The summed E-state index contributed by atoms with van der Waals surface area (Å²) in [6.45, 7) is 0. The summed E-state index contributed by atoms with van der Waals surface area (Å²) in [5.41, 5.74) is 9.93. The normalized spacial score (nSPS) is 8.40. The molecule has 1 aromatic heterocycles. The van der Waals surface area contributed by atoms with Gasteiger partial charge in [-0.2, -0.15) is 5.21 Å². The minimum atomic E-state index is -0.679. The molecule has 0 fully saturated rings. The van der Waals surface area contributed by atoms with Crippen LogP contribution in [0.3, 0.4) is 0 Å². The monoisotopic (exact) mass is 163 g/mol. The van der Waals surface area contributed by atoms with E-state index in [0.29, 0.717) is 0 Å². The van der Waals surface area contributed by atoms with Gasteiger partial charge in [-0.3, -0.25) is 4.79 Å². The molecule has 1 aromatic rings. The van der Waals surface area contributed by atoms with Gasteiger partial charge >= 0.3 is 0 Å². The van der Waals surface area contributed by atoms with Crippen molar-refractivity contribution in [2.24, 2.45) is 5.73 Å². The maximum absolute atomic E-state index is 10.3. The standard InChI is InChI=1S/C3H5N5O.ClH/c4-2-1(3(5)9)6-8-7-2;/h(H2,5,9)(H3,4,6,7,8);1H. The number of nitrogens with one attached hydrogen (secondary N) is 1.